The number of carbonyl (C=O) groups excluding carboxylic acids is 1. The van der Waals surface area contributed by atoms with Gasteiger partial charge in [-0.15, -0.1) is 0 Å². The van der Waals surface area contributed by atoms with E-state index in [-0.39, 0.29) is 24.1 Å². The van der Waals surface area contributed by atoms with Crippen molar-refractivity contribution in [2.45, 2.75) is 45.2 Å². The number of carboxylic acid groups (broad SMARTS) is 1. The average molecular weight is 251 g/mol. The van der Waals surface area contributed by atoms with Gasteiger partial charge in [-0.3, -0.25) is 9.48 Å². The molecule has 0 atom stereocenters. The molecule has 1 saturated carbocycles. The Bertz CT molecular complexity index is 461. The molecule has 0 bridgehead atoms. The molecule has 0 spiro atoms. The van der Waals surface area contributed by atoms with E-state index in [1.807, 2.05) is 0 Å². The zero-order valence-electron chi connectivity index (χ0n) is 10.3. The van der Waals surface area contributed by atoms with Crippen LogP contribution in [0.15, 0.2) is 6.20 Å². The van der Waals surface area contributed by atoms with Gasteiger partial charge >= 0.3 is 5.97 Å². The summed E-state index contributed by atoms with van der Waals surface area (Å²) in [5, 5.41) is 15.8. The largest absolute Gasteiger partial charge is 0.478 e. The highest BCUT2D eigenvalue weighted by Gasteiger charge is 2.18. The molecule has 6 nitrogen and oxygen atoms in total. The van der Waals surface area contributed by atoms with Crippen LogP contribution in [0.1, 0.15) is 41.7 Å². The fourth-order valence-corrected chi connectivity index (χ4v) is 2.30. The van der Waals surface area contributed by atoms with Crippen LogP contribution >= 0.6 is 0 Å². The molecule has 1 aromatic rings. The number of aromatic carboxylic acids is 1. The van der Waals surface area contributed by atoms with Crippen molar-refractivity contribution in [1.82, 2.24) is 15.1 Å². The Morgan fingerprint density at radius 3 is 2.72 bits per heavy atom. The zero-order chi connectivity index (χ0) is 13.1. The molecule has 18 heavy (non-hydrogen) atoms. The Kier molecular flexibility index (Phi) is 3.64. The number of hydrogen-bond donors (Lipinski definition) is 2. The molecule has 1 aliphatic rings. The summed E-state index contributed by atoms with van der Waals surface area (Å²) in [6, 6.07) is 0.271. The van der Waals surface area contributed by atoms with Crippen LogP contribution in [0.25, 0.3) is 0 Å². The lowest BCUT2D eigenvalue weighted by atomic mass is 10.2. The normalized spacial score (nSPS) is 15.8. The van der Waals surface area contributed by atoms with Crippen molar-refractivity contribution in [3.05, 3.63) is 17.5 Å². The third-order valence-corrected chi connectivity index (χ3v) is 3.20. The molecular formula is C12H17N3O3. The van der Waals surface area contributed by atoms with Crippen molar-refractivity contribution in [3.8, 4) is 0 Å². The highest BCUT2D eigenvalue weighted by molar-refractivity contribution is 5.88. The van der Waals surface area contributed by atoms with Crippen LogP contribution in [0.4, 0.5) is 0 Å². The Hall–Kier alpha value is -1.85. The molecule has 0 saturated heterocycles. The highest BCUT2D eigenvalue weighted by Crippen LogP contribution is 2.17. The van der Waals surface area contributed by atoms with E-state index >= 15 is 0 Å². The van der Waals surface area contributed by atoms with Crippen molar-refractivity contribution < 1.29 is 14.7 Å². The number of nitrogens with zero attached hydrogens (tertiary/aromatic N) is 2. The number of aromatic nitrogens is 2. The van der Waals surface area contributed by atoms with Crippen molar-refractivity contribution in [2.24, 2.45) is 0 Å². The maximum Gasteiger partial charge on any atom is 0.339 e. The number of carboxylic acids is 1. The Morgan fingerprint density at radius 1 is 1.50 bits per heavy atom. The van der Waals surface area contributed by atoms with E-state index < -0.39 is 5.97 Å². The number of nitrogens with one attached hydrogen (secondary N) is 1. The molecule has 98 valence electrons. The van der Waals surface area contributed by atoms with Gasteiger partial charge < -0.3 is 10.4 Å². The van der Waals surface area contributed by atoms with E-state index in [0.717, 1.165) is 25.7 Å². The van der Waals surface area contributed by atoms with Crippen LogP contribution in [-0.4, -0.2) is 32.8 Å². The fourth-order valence-electron chi connectivity index (χ4n) is 2.30. The summed E-state index contributed by atoms with van der Waals surface area (Å²) in [5.41, 5.74) is 0.569. The van der Waals surface area contributed by atoms with E-state index in [0.29, 0.717) is 5.69 Å². The van der Waals surface area contributed by atoms with Crippen LogP contribution in [0.5, 0.6) is 0 Å². The summed E-state index contributed by atoms with van der Waals surface area (Å²) in [5.74, 6) is -1.13. The summed E-state index contributed by atoms with van der Waals surface area (Å²) in [6.45, 7) is 1.69. The second-order valence-corrected chi connectivity index (χ2v) is 4.68. The first kappa shape index (κ1) is 12.6. The van der Waals surface area contributed by atoms with Gasteiger partial charge in [0.1, 0.15) is 12.1 Å². The fraction of sp³-hybridized carbons (Fsp3) is 0.583. The van der Waals surface area contributed by atoms with E-state index in [4.69, 9.17) is 5.11 Å². The Labute approximate surface area is 105 Å². The second kappa shape index (κ2) is 5.20. The number of amides is 1. The Balaban J connectivity index is 1.94. The van der Waals surface area contributed by atoms with Gasteiger partial charge in [0.05, 0.1) is 5.69 Å². The van der Waals surface area contributed by atoms with Crippen LogP contribution in [-0.2, 0) is 11.3 Å². The van der Waals surface area contributed by atoms with Crippen LogP contribution in [0, 0.1) is 6.92 Å². The van der Waals surface area contributed by atoms with Crippen LogP contribution < -0.4 is 5.32 Å². The monoisotopic (exact) mass is 251 g/mol. The van der Waals surface area contributed by atoms with Crippen LogP contribution in [0.2, 0.25) is 0 Å². The predicted octanol–water partition coefficient (Wildman–Crippen LogP) is 0.949. The lowest BCUT2D eigenvalue weighted by Crippen LogP contribution is -2.35. The molecular weight excluding hydrogens is 234 g/mol. The van der Waals surface area contributed by atoms with Crippen molar-refractivity contribution >= 4 is 11.9 Å². The first-order valence-electron chi connectivity index (χ1n) is 6.13. The van der Waals surface area contributed by atoms with Crippen LogP contribution in [0.3, 0.4) is 0 Å². The second-order valence-electron chi connectivity index (χ2n) is 4.68. The summed E-state index contributed by atoms with van der Waals surface area (Å²) >= 11 is 0. The minimum absolute atomic E-state index is 0.0740. The van der Waals surface area contributed by atoms with Gasteiger partial charge in [0.15, 0.2) is 0 Å². The highest BCUT2D eigenvalue weighted by atomic mass is 16.4. The molecule has 2 N–H and O–H groups in total. The first-order valence-corrected chi connectivity index (χ1v) is 6.13. The molecule has 1 aliphatic carbocycles. The van der Waals surface area contributed by atoms with Gasteiger partial charge in [-0.1, -0.05) is 12.8 Å². The zero-order valence-corrected chi connectivity index (χ0v) is 10.3. The first-order chi connectivity index (χ1) is 8.56. The SMILES string of the molecule is Cc1nn(CC(=O)NC2CCCC2)cc1C(=O)O. The predicted molar refractivity (Wildman–Crippen MR) is 64.3 cm³/mol. The van der Waals surface area contributed by atoms with Gasteiger partial charge in [0, 0.05) is 12.2 Å². The maximum absolute atomic E-state index is 11.7. The number of rotatable bonds is 4. The number of aryl methyl sites for hydroxylation is 1. The van der Waals surface area contributed by atoms with Gasteiger partial charge in [-0.2, -0.15) is 5.10 Å². The van der Waals surface area contributed by atoms with Gasteiger partial charge in [0.25, 0.3) is 0 Å². The molecule has 0 unspecified atom stereocenters. The van der Waals surface area contributed by atoms with Gasteiger partial charge in [0.2, 0.25) is 5.91 Å². The van der Waals surface area contributed by atoms with E-state index in [1.165, 1.54) is 10.9 Å². The van der Waals surface area contributed by atoms with Crippen molar-refractivity contribution in [1.29, 1.82) is 0 Å². The van der Waals surface area contributed by atoms with Crippen molar-refractivity contribution in [3.63, 3.8) is 0 Å². The summed E-state index contributed by atoms with van der Waals surface area (Å²) < 4.78 is 1.38. The lowest BCUT2D eigenvalue weighted by Gasteiger charge is -2.11. The number of hydrogen-bond acceptors (Lipinski definition) is 3. The molecule has 1 heterocycles. The molecule has 0 aliphatic heterocycles. The Morgan fingerprint density at radius 2 is 2.17 bits per heavy atom. The standard InChI is InChI=1S/C12H17N3O3/c1-8-10(12(17)18)6-15(14-8)7-11(16)13-9-4-2-3-5-9/h6,9H,2-5,7H2,1H3,(H,13,16)(H,17,18). The molecule has 1 aromatic heterocycles. The van der Waals surface area contributed by atoms with Gasteiger partial charge in [-0.25, -0.2) is 4.79 Å². The third kappa shape index (κ3) is 2.88. The average Bonchev–Trinajstić information content (AvgIpc) is 2.88. The molecule has 1 fully saturated rings. The van der Waals surface area contributed by atoms with E-state index in [1.54, 1.807) is 6.92 Å². The molecule has 0 aromatic carbocycles. The minimum Gasteiger partial charge on any atom is -0.478 e. The van der Waals surface area contributed by atoms with E-state index in [9.17, 15) is 9.59 Å². The maximum atomic E-state index is 11.7. The smallest absolute Gasteiger partial charge is 0.339 e. The quantitative estimate of drug-likeness (QED) is 0.834. The number of carbonyl (C=O) groups is 2. The summed E-state index contributed by atoms with van der Waals surface area (Å²) in [7, 11) is 0. The molecule has 0 radical (unpaired) electrons. The summed E-state index contributed by atoms with van der Waals surface area (Å²) in [4.78, 5) is 22.6. The lowest BCUT2D eigenvalue weighted by molar-refractivity contribution is -0.122. The minimum atomic E-state index is -1.02. The molecule has 1 amide bonds. The molecule has 2 rings (SSSR count). The topological polar surface area (TPSA) is 84.2 Å². The summed E-state index contributed by atoms with van der Waals surface area (Å²) in [6.07, 6.45) is 5.78. The van der Waals surface area contributed by atoms with E-state index in [2.05, 4.69) is 10.4 Å². The van der Waals surface area contributed by atoms with Crippen molar-refractivity contribution in [2.75, 3.05) is 0 Å². The molecule has 6 heteroatoms. The van der Waals surface area contributed by atoms with Gasteiger partial charge in [-0.05, 0) is 19.8 Å². The third-order valence-electron chi connectivity index (χ3n) is 3.20.